The molecule has 0 N–H and O–H groups in total. The van der Waals surface area contributed by atoms with Gasteiger partial charge in [-0.25, -0.2) is 14.2 Å². The molecular weight excluding hydrogens is 283 g/mol. The van der Waals surface area contributed by atoms with Crippen LogP contribution in [0.25, 0.3) is 0 Å². The second-order valence-electron chi connectivity index (χ2n) is 4.05. The molecule has 2 aromatic rings. The van der Waals surface area contributed by atoms with Gasteiger partial charge in [0, 0.05) is 6.20 Å². The van der Waals surface area contributed by atoms with E-state index in [4.69, 9.17) is 0 Å². The number of halogens is 1. The number of hydrogen-bond acceptors (Lipinski definition) is 6. The second-order valence-corrected chi connectivity index (χ2v) is 4.05. The Kier molecular flexibility index (Phi) is 4.21. The number of esters is 1. The zero-order valence-corrected chi connectivity index (χ0v) is 11.0. The van der Waals surface area contributed by atoms with Crippen LogP contribution < -0.4 is 0 Å². The van der Waals surface area contributed by atoms with Crippen molar-refractivity contribution in [2.75, 3.05) is 6.61 Å². The SMILES string of the molecule is CCOC(=O)c1ncc(Cn2cc([N+](=O)[O-])cn2)cc1F. The van der Waals surface area contributed by atoms with Crippen molar-refractivity contribution in [2.24, 2.45) is 0 Å². The molecule has 0 aliphatic carbocycles. The molecule has 0 fully saturated rings. The summed E-state index contributed by atoms with van der Waals surface area (Å²) in [5.41, 5.74) is -0.142. The Morgan fingerprint density at radius 1 is 1.52 bits per heavy atom. The Balaban J connectivity index is 2.16. The molecule has 0 radical (unpaired) electrons. The lowest BCUT2D eigenvalue weighted by atomic mass is 10.2. The first-order valence-electron chi connectivity index (χ1n) is 5.99. The molecule has 0 unspecified atom stereocenters. The molecule has 2 aromatic heterocycles. The van der Waals surface area contributed by atoms with Gasteiger partial charge in [0.2, 0.25) is 0 Å². The first-order valence-corrected chi connectivity index (χ1v) is 5.99. The van der Waals surface area contributed by atoms with Crippen molar-refractivity contribution < 1.29 is 18.8 Å². The molecule has 0 aliphatic heterocycles. The molecule has 21 heavy (non-hydrogen) atoms. The molecule has 0 atom stereocenters. The molecular formula is C12H11FN4O4. The van der Waals surface area contributed by atoms with E-state index in [9.17, 15) is 19.3 Å². The number of nitro groups is 1. The zero-order chi connectivity index (χ0) is 15.4. The predicted octanol–water partition coefficient (Wildman–Crippen LogP) is 1.55. The van der Waals surface area contributed by atoms with Gasteiger partial charge in [-0.3, -0.25) is 14.8 Å². The summed E-state index contributed by atoms with van der Waals surface area (Å²) in [7, 11) is 0. The number of carbonyl (C=O) groups is 1. The lowest BCUT2D eigenvalue weighted by molar-refractivity contribution is -0.385. The Hall–Kier alpha value is -2.84. The van der Waals surface area contributed by atoms with Crippen molar-refractivity contribution in [2.45, 2.75) is 13.5 Å². The summed E-state index contributed by atoms with van der Waals surface area (Å²) in [6.45, 7) is 1.83. The summed E-state index contributed by atoms with van der Waals surface area (Å²) in [6.07, 6.45) is 3.61. The maximum Gasteiger partial charge on any atom is 0.359 e. The van der Waals surface area contributed by atoms with Crippen LogP contribution in [0.4, 0.5) is 10.1 Å². The van der Waals surface area contributed by atoms with Gasteiger partial charge in [-0.05, 0) is 18.6 Å². The average molecular weight is 294 g/mol. The smallest absolute Gasteiger partial charge is 0.359 e. The maximum absolute atomic E-state index is 13.8. The third-order valence-electron chi connectivity index (χ3n) is 2.54. The summed E-state index contributed by atoms with van der Waals surface area (Å²) in [4.78, 5) is 25.1. The van der Waals surface area contributed by atoms with Gasteiger partial charge in [0.05, 0.1) is 18.1 Å². The fourth-order valence-electron chi connectivity index (χ4n) is 1.63. The lowest BCUT2D eigenvalue weighted by Gasteiger charge is -2.05. The summed E-state index contributed by atoms with van der Waals surface area (Å²) < 4.78 is 19.7. The largest absolute Gasteiger partial charge is 0.461 e. The summed E-state index contributed by atoms with van der Waals surface area (Å²) >= 11 is 0. The van der Waals surface area contributed by atoms with Gasteiger partial charge >= 0.3 is 11.7 Å². The van der Waals surface area contributed by atoms with E-state index in [0.717, 1.165) is 12.3 Å². The molecule has 0 bridgehead atoms. The van der Waals surface area contributed by atoms with Gasteiger partial charge in [-0.15, -0.1) is 0 Å². The van der Waals surface area contributed by atoms with E-state index in [2.05, 4.69) is 14.8 Å². The van der Waals surface area contributed by atoms with Gasteiger partial charge in [0.15, 0.2) is 11.5 Å². The van der Waals surface area contributed by atoms with E-state index < -0.39 is 22.4 Å². The number of hydrogen-bond donors (Lipinski definition) is 0. The summed E-state index contributed by atoms with van der Waals surface area (Å²) in [5, 5.41) is 14.3. The van der Waals surface area contributed by atoms with Crippen LogP contribution in [0.3, 0.4) is 0 Å². The van der Waals surface area contributed by atoms with Gasteiger partial charge < -0.3 is 4.74 Å². The third kappa shape index (κ3) is 3.38. The third-order valence-corrected chi connectivity index (χ3v) is 2.54. The highest BCUT2D eigenvalue weighted by Crippen LogP contribution is 2.12. The second kappa shape index (κ2) is 6.07. The van der Waals surface area contributed by atoms with Crippen molar-refractivity contribution in [3.05, 3.63) is 51.8 Å². The van der Waals surface area contributed by atoms with E-state index in [1.807, 2.05) is 0 Å². The average Bonchev–Trinajstić information content (AvgIpc) is 2.87. The number of nitrogens with zero attached hydrogens (tertiary/aromatic N) is 4. The molecule has 0 amide bonds. The molecule has 0 spiro atoms. The summed E-state index contributed by atoms with van der Waals surface area (Å²) in [6, 6.07) is 1.12. The van der Waals surface area contributed by atoms with Crippen LogP contribution in [0.5, 0.6) is 0 Å². The van der Waals surface area contributed by atoms with Crippen LogP contribution >= 0.6 is 0 Å². The van der Waals surface area contributed by atoms with Crippen molar-refractivity contribution in [3.8, 4) is 0 Å². The fourth-order valence-corrected chi connectivity index (χ4v) is 1.63. The van der Waals surface area contributed by atoms with Gasteiger partial charge in [0.25, 0.3) is 0 Å². The number of ether oxygens (including phenoxy) is 1. The van der Waals surface area contributed by atoms with E-state index in [1.165, 1.54) is 17.1 Å². The number of pyridine rings is 1. The van der Waals surface area contributed by atoms with Crippen molar-refractivity contribution in [1.82, 2.24) is 14.8 Å². The van der Waals surface area contributed by atoms with Crippen molar-refractivity contribution in [1.29, 1.82) is 0 Å². The highest BCUT2D eigenvalue weighted by Gasteiger charge is 2.16. The van der Waals surface area contributed by atoms with Crippen LogP contribution in [-0.2, 0) is 11.3 Å². The Morgan fingerprint density at radius 3 is 2.86 bits per heavy atom. The van der Waals surface area contributed by atoms with E-state index >= 15 is 0 Å². The number of rotatable bonds is 5. The Morgan fingerprint density at radius 2 is 2.29 bits per heavy atom. The van der Waals surface area contributed by atoms with Crippen LogP contribution in [0.2, 0.25) is 0 Å². The van der Waals surface area contributed by atoms with E-state index in [1.54, 1.807) is 6.92 Å². The van der Waals surface area contributed by atoms with Crippen LogP contribution in [0, 0.1) is 15.9 Å². The molecule has 2 rings (SSSR count). The van der Waals surface area contributed by atoms with Crippen LogP contribution in [0.1, 0.15) is 23.0 Å². The quantitative estimate of drug-likeness (QED) is 0.471. The van der Waals surface area contributed by atoms with E-state index in [0.29, 0.717) is 5.56 Å². The molecule has 0 saturated carbocycles. The minimum Gasteiger partial charge on any atom is -0.461 e. The highest BCUT2D eigenvalue weighted by molar-refractivity contribution is 5.87. The monoisotopic (exact) mass is 294 g/mol. The minimum atomic E-state index is -0.837. The summed E-state index contributed by atoms with van der Waals surface area (Å²) in [5.74, 6) is -1.65. The van der Waals surface area contributed by atoms with Gasteiger partial charge in [-0.2, -0.15) is 5.10 Å². The highest BCUT2D eigenvalue weighted by atomic mass is 19.1. The molecule has 0 saturated heterocycles. The van der Waals surface area contributed by atoms with Crippen molar-refractivity contribution >= 4 is 11.7 Å². The number of carbonyl (C=O) groups excluding carboxylic acids is 1. The van der Waals surface area contributed by atoms with E-state index in [-0.39, 0.29) is 18.8 Å². The van der Waals surface area contributed by atoms with Gasteiger partial charge in [0.1, 0.15) is 12.4 Å². The molecule has 9 heteroatoms. The predicted molar refractivity (Wildman–Crippen MR) is 68.1 cm³/mol. The standard InChI is InChI=1S/C12H11FN4O4/c1-2-21-12(18)11-10(13)3-8(4-14-11)6-16-7-9(5-15-16)17(19)20/h3-5,7H,2,6H2,1H3. The van der Waals surface area contributed by atoms with Crippen LogP contribution in [-0.4, -0.2) is 32.3 Å². The fraction of sp³-hybridized carbons (Fsp3) is 0.250. The molecule has 0 aromatic carbocycles. The van der Waals surface area contributed by atoms with Crippen LogP contribution in [0.15, 0.2) is 24.7 Å². The normalized spacial score (nSPS) is 10.4. The molecule has 8 nitrogen and oxygen atoms in total. The molecule has 110 valence electrons. The molecule has 2 heterocycles. The molecule has 0 aliphatic rings. The zero-order valence-electron chi connectivity index (χ0n) is 11.0. The minimum absolute atomic E-state index is 0.0981. The lowest BCUT2D eigenvalue weighted by Crippen LogP contribution is -2.11. The number of aromatic nitrogens is 3. The van der Waals surface area contributed by atoms with Crippen molar-refractivity contribution in [3.63, 3.8) is 0 Å². The Bertz CT molecular complexity index is 686. The van der Waals surface area contributed by atoms with Gasteiger partial charge in [-0.1, -0.05) is 0 Å². The maximum atomic E-state index is 13.8. The first kappa shape index (κ1) is 14.6. The topological polar surface area (TPSA) is 100 Å². The Labute approximate surface area is 118 Å². The first-order chi connectivity index (χ1) is 10.0.